The summed E-state index contributed by atoms with van der Waals surface area (Å²) < 4.78 is 0. The molecule has 0 fully saturated rings. The van der Waals surface area contributed by atoms with Crippen LogP contribution in [-0.4, -0.2) is 33.0 Å². The molecule has 0 atom stereocenters. The third kappa shape index (κ3) is 2.23. The fraction of sp³-hybridized carbons (Fsp3) is 0.167. The average molecular weight is 305 g/mol. The zero-order valence-electron chi connectivity index (χ0n) is 10.6. The number of carbonyl (C=O) groups is 1. The largest absolute Gasteiger partial charge is 0.397 e. The molecule has 3 aromatic rings. The minimum Gasteiger partial charge on any atom is -0.397 e. The number of hydrogen-bond donors (Lipinski definition) is 1. The Morgan fingerprint density at radius 1 is 1.50 bits per heavy atom. The summed E-state index contributed by atoms with van der Waals surface area (Å²) in [7, 11) is 1.73. The number of hydrogen-bond acceptors (Lipinski definition) is 7. The van der Waals surface area contributed by atoms with Gasteiger partial charge in [-0.05, 0) is 6.07 Å². The quantitative estimate of drug-likeness (QED) is 0.800. The highest BCUT2D eigenvalue weighted by molar-refractivity contribution is 7.21. The van der Waals surface area contributed by atoms with Crippen LogP contribution in [0.4, 0.5) is 5.69 Å². The second-order valence-corrected chi connectivity index (χ2v) is 5.95. The molecule has 0 aromatic carbocycles. The number of fused-ring (bicyclic) bond motifs is 1. The van der Waals surface area contributed by atoms with Crippen LogP contribution < -0.4 is 5.73 Å². The maximum absolute atomic E-state index is 12.4. The molecule has 3 rings (SSSR count). The number of nitrogens with two attached hydrogens (primary N) is 1. The summed E-state index contributed by atoms with van der Waals surface area (Å²) in [5.41, 5.74) is 9.11. The van der Waals surface area contributed by atoms with Gasteiger partial charge in [0.25, 0.3) is 5.91 Å². The molecule has 0 bridgehead atoms. The van der Waals surface area contributed by atoms with E-state index in [2.05, 4.69) is 15.2 Å². The normalized spacial score (nSPS) is 10.8. The number of aromatic nitrogens is 3. The van der Waals surface area contributed by atoms with Crippen molar-refractivity contribution in [3.63, 3.8) is 0 Å². The lowest BCUT2D eigenvalue weighted by atomic mass is 10.2. The van der Waals surface area contributed by atoms with Crippen LogP contribution in [0, 0.1) is 0 Å². The van der Waals surface area contributed by atoms with Gasteiger partial charge in [0, 0.05) is 17.8 Å². The predicted molar refractivity (Wildman–Crippen MR) is 79.7 cm³/mol. The molecule has 102 valence electrons. The number of rotatable bonds is 3. The van der Waals surface area contributed by atoms with Gasteiger partial charge >= 0.3 is 0 Å². The lowest BCUT2D eigenvalue weighted by Gasteiger charge is -2.15. The van der Waals surface area contributed by atoms with Gasteiger partial charge < -0.3 is 10.6 Å². The summed E-state index contributed by atoms with van der Waals surface area (Å²) in [4.78, 5) is 19.4. The van der Waals surface area contributed by atoms with E-state index in [1.807, 2.05) is 5.38 Å². The second-order valence-electron chi connectivity index (χ2n) is 4.24. The van der Waals surface area contributed by atoms with Gasteiger partial charge in [-0.25, -0.2) is 4.98 Å². The standard InChI is InChI=1S/C12H11N5OS2/c1-17(4-7-5-19-6-14-7)12(18)10-9(13)8-2-3-15-16-11(8)20-10/h2-3,5-6H,4,13H2,1H3. The van der Waals surface area contributed by atoms with E-state index in [4.69, 9.17) is 5.73 Å². The lowest BCUT2D eigenvalue weighted by molar-refractivity contribution is 0.0789. The Kier molecular flexibility index (Phi) is 3.33. The number of nitrogens with zero attached hydrogens (tertiary/aromatic N) is 4. The van der Waals surface area contributed by atoms with Gasteiger partial charge in [-0.15, -0.1) is 27.8 Å². The lowest BCUT2D eigenvalue weighted by Crippen LogP contribution is -2.26. The SMILES string of the molecule is CN(Cc1cscn1)C(=O)c1sc2nnccc2c1N. The Morgan fingerprint density at radius 2 is 2.35 bits per heavy atom. The first-order valence-corrected chi connectivity index (χ1v) is 7.55. The van der Waals surface area contributed by atoms with Crippen molar-refractivity contribution in [1.82, 2.24) is 20.1 Å². The summed E-state index contributed by atoms with van der Waals surface area (Å²) >= 11 is 2.77. The van der Waals surface area contributed by atoms with Gasteiger partial charge in [0.1, 0.15) is 9.71 Å². The van der Waals surface area contributed by atoms with Crippen molar-refractivity contribution in [1.29, 1.82) is 0 Å². The Balaban J connectivity index is 1.90. The molecule has 0 saturated heterocycles. The molecule has 20 heavy (non-hydrogen) atoms. The van der Waals surface area contributed by atoms with Crippen molar-refractivity contribution in [3.8, 4) is 0 Å². The smallest absolute Gasteiger partial charge is 0.266 e. The van der Waals surface area contributed by atoms with Crippen LogP contribution in [0.15, 0.2) is 23.2 Å². The van der Waals surface area contributed by atoms with Crippen molar-refractivity contribution >= 4 is 44.5 Å². The van der Waals surface area contributed by atoms with E-state index in [0.717, 1.165) is 11.1 Å². The van der Waals surface area contributed by atoms with Crippen molar-refractivity contribution in [3.05, 3.63) is 33.7 Å². The highest BCUT2D eigenvalue weighted by Crippen LogP contribution is 2.32. The molecular formula is C12H11N5OS2. The summed E-state index contributed by atoms with van der Waals surface area (Å²) in [6, 6.07) is 1.77. The van der Waals surface area contributed by atoms with E-state index in [1.165, 1.54) is 22.7 Å². The van der Waals surface area contributed by atoms with Crippen LogP contribution in [-0.2, 0) is 6.54 Å². The maximum atomic E-state index is 12.4. The average Bonchev–Trinajstić information content (AvgIpc) is 3.07. The minimum atomic E-state index is -0.126. The van der Waals surface area contributed by atoms with Gasteiger partial charge in [-0.3, -0.25) is 4.79 Å². The van der Waals surface area contributed by atoms with Gasteiger partial charge in [-0.1, -0.05) is 0 Å². The molecule has 3 heterocycles. The third-order valence-corrected chi connectivity index (χ3v) is 4.57. The third-order valence-electron chi connectivity index (χ3n) is 2.84. The summed E-state index contributed by atoms with van der Waals surface area (Å²) in [6.07, 6.45) is 1.57. The molecule has 6 nitrogen and oxygen atoms in total. The minimum absolute atomic E-state index is 0.126. The molecule has 1 amide bonds. The molecule has 0 aliphatic carbocycles. The van der Waals surface area contributed by atoms with Gasteiger partial charge in [0.05, 0.1) is 29.6 Å². The van der Waals surface area contributed by atoms with E-state index >= 15 is 0 Å². The van der Waals surface area contributed by atoms with Crippen LogP contribution in [0.25, 0.3) is 10.2 Å². The monoisotopic (exact) mass is 305 g/mol. The van der Waals surface area contributed by atoms with Crippen LogP contribution in [0.2, 0.25) is 0 Å². The number of carbonyl (C=O) groups excluding carboxylic acids is 1. The molecule has 0 radical (unpaired) electrons. The van der Waals surface area contributed by atoms with Crippen molar-refractivity contribution < 1.29 is 4.79 Å². The molecule has 2 N–H and O–H groups in total. The first kappa shape index (κ1) is 12.9. The number of anilines is 1. The van der Waals surface area contributed by atoms with E-state index in [0.29, 0.717) is 21.9 Å². The fourth-order valence-corrected chi connectivity index (χ4v) is 3.42. The summed E-state index contributed by atoms with van der Waals surface area (Å²) in [6.45, 7) is 0.460. The Labute approximate surface area is 122 Å². The van der Waals surface area contributed by atoms with Crippen LogP contribution in [0.3, 0.4) is 0 Å². The number of thiazole rings is 1. The number of thiophene rings is 1. The Hall–Kier alpha value is -2.06. The zero-order chi connectivity index (χ0) is 14.1. The molecular weight excluding hydrogens is 294 g/mol. The van der Waals surface area contributed by atoms with Crippen molar-refractivity contribution in [2.45, 2.75) is 6.54 Å². The van der Waals surface area contributed by atoms with Crippen LogP contribution >= 0.6 is 22.7 Å². The number of nitrogen functional groups attached to an aromatic ring is 1. The van der Waals surface area contributed by atoms with Crippen molar-refractivity contribution in [2.24, 2.45) is 0 Å². The Bertz CT molecular complexity index is 752. The molecule has 0 aliphatic heterocycles. The molecule has 8 heteroatoms. The first-order valence-electron chi connectivity index (χ1n) is 5.79. The molecule has 0 saturated carbocycles. The van der Waals surface area contributed by atoms with E-state index < -0.39 is 0 Å². The van der Waals surface area contributed by atoms with E-state index in [-0.39, 0.29) is 5.91 Å². The fourth-order valence-electron chi connectivity index (χ4n) is 1.84. The maximum Gasteiger partial charge on any atom is 0.266 e. The van der Waals surface area contributed by atoms with Gasteiger partial charge in [0.2, 0.25) is 0 Å². The highest BCUT2D eigenvalue weighted by atomic mass is 32.1. The first-order chi connectivity index (χ1) is 9.66. The highest BCUT2D eigenvalue weighted by Gasteiger charge is 2.20. The zero-order valence-corrected chi connectivity index (χ0v) is 12.2. The molecule has 0 spiro atoms. The molecule has 3 aromatic heterocycles. The number of amides is 1. The summed E-state index contributed by atoms with van der Waals surface area (Å²) in [5, 5.41) is 10.5. The Morgan fingerprint density at radius 3 is 3.05 bits per heavy atom. The van der Waals surface area contributed by atoms with Gasteiger partial charge in [-0.2, -0.15) is 5.10 Å². The van der Waals surface area contributed by atoms with Crippen LogP contribution in [0.5, 0.6) is 0 Å². The van der Waals surface area contributed by atoms with E-state index in [9.17, 15) is 4.79 Å². The second kappa shape index (κ2) is 5.14. The predicted octanol–water partition coefficient (Wildman–Crippen LogP) is 2.00. The molecule has 0 aliphatic rings. The van der Waals surface area contributed by atoms with Crippen LogP contribution in [0.1, 0.15) is 15.4 Å². The summed E-state index contributed by atoms with van der Waals surface area (Å²) in [5.74, 6) is -0.126. The topological polar surface area (TPSA) is 85.0 Å². The van der Waals surface area contributed by atoms with Crippen molar-refractivity contribution in [2.75, 3.05) is 12.8 Å². The molecule has 0 unspecified atom stereocenters. The van der Waals surface area contributed by atoms with Gasteiger partial charge in [0.15, 0.2) is 0 Å². The van der Waals surface area contributed by atoms with E-state index in [1.54, 1.807) is 29.7 Å².